The highest BCUT2D eigenvalue weighted by molar-refractivity contribution is 5.14. The van der Waals surface area contributed by atoms with Gasteiger partial charge in [0, 0.05) is 6.54 Å². The highest BCUT2D eigenvalue weighted by atomic mass is 16.1. The van der Waals surface area contributed by atoms with E-state index in [-0.39, 0.29) is 11.7 Å². The zero-order valence-electron chi connectivity index (χ0n) is 10.5. The summed E-state index contributed by atoms with van der Waals surface area (Å²) in [5, 5.41) is 9.33. The van der Waals surface area contributed by atoms with Crippen LogP contribution >= 0.6 is 0 Å². The first-order valence-corrected chi connectivity index (χ1v) is 6.11. The average Bonchev–Trinajstić information content (AvgIpc) is 2.82. The molecule has 1 unspecified atom stereocenters. The molecule has 18 heavy (non-hydrogen) atoms. The van der Waals surface area contributed by atoms with E-state index in [1.165, 1.54) is 5.56 Å². The molecule has 96 valence electrons. The molecule has 0 saturated heterocycles. The lowest BCUT2D eigenvalue weighted by Crippen LogP contribution is -2.29. The zero-order chi connectivity index (χ0) is 12.8. The molecule has 2 rings (SSSR count). The van der Waals surface area contributed by atoms with Gasteiger partial charge in [0.25, 0.3) is 0 Å². The van der Waals surface area contributed by atoms with Crippen molar-refractivity contribution in [2.75, 3.05) is 13.6 Å². The van der Waals surface area contributed by atoms with Crippen molar-refractivity contribution < 1.29 is 0 Å². The van der Waals surface area contributed by atoms with Gasteiger partial charge in [0.05, 0.1) is 6.04 Å². The van der Waals surface area contributed by atoms with Crippen LogP contribution in [-0.4, -0.2) is 28.4 Å². The van der Waals surface area contributed by atoms with Gasteiger partial charge in [0.1, 0.15) is 6.33 Å². The van der Waals surface area contributed by atoms with Gasteiger partial charge in [-0.25, -0.2) is 9.89 Å². The van der Waals surface area contributed by atoms with Crippen LogP contribution in [0.2, 0.25) is 0 Å². The molecule has 1 aromatic carbocycles. The van der Waals surface area contributed by atoms with Crippen molar-refractivity contribution in [3.63, 3.8) is 0 Å². The van der Waals surface area contributed by atoms with Crippen LogP contribution in [0.1, 0.15) is 18.0 Å². The summed E-state index contributed by atoms with van der Waals surface area (Å²) in [4.78, 5) is 11.6. The lowest BCUT2D eigenvalue weighted by Gasteiger charge is -2.16. The number of hydrogen-bond donors (Lipinski definition) is 2. The van der Waals surface area contributed by atoms with Crippen molar-refractivity contribution in [2.45, 2.75) is 18.9 Å². The maximum Gasteiger partial charge on any atom is 0.343 e. The van der Waals surface area contributed by atoms with Gasteiger partial charge in [-0.05, 0) is 25.5 Å². The summed E-state index contributed by atoms with van der Waals surface area (Å²) in [5.41, 5.74) is 1.14. The third kappa shape index (κ3) is 3.07. The second kappa shape index (κ2) is 6.16. The third-order valence-corrected chi connectivity index (χ3v) is 3.02. The molecule has 0 aliphatic heterocycles. The molecule has 2 aromatic rings. The topological polar surface area (TPSA) is 62.7 Å². The van der Waals surface area contributed by atoms with Crippen molar-refractivity contribution in [3.05, 3.63) is 52.7 Å². The van der Waals surface area contributed by atoms with Gasteiger partial charge in [-0.3, -0.25) is 4.57 Å². The molecule has 0 fully saturated rings. The van der Waals surface area contributed by atoms with Crippen LogP contribution in [0.15, 0.2) is 41.5 Å². The molecule has 0 aliphatic carbocycles. The van der Waals surface area contributed by atoms with Crippen molar-refractivity contribution >= 4 is 0 Å². The molecule has 2 N–H and O–H groups in total. The molecule has 0 bridgehead atoms. The predicted octanol–water partition coefficient (Wildman–Crippen LogP) is 0.965. The molecule has 1 atom stereocenters. The lowest BCUT2D eigenvalue weighted by molar-refractivity contribution is 0.437. The SMILES string of the molecule is CNCC(CCc1ccccc1)n1cn[nH]c1=O. The molecule has 5 nitrogen and oxygen atoms in total. The summed E-state index contributed by atoms with van der Waals surface area (Å²) < 4.78 is 1.65. The summed E-state index contributed by atoms with van der Waals surface area (Å²) in [5.74, 6) is 0. The fourth-order valence-corrected chi connectivity index (χ4v) is 2.07. The first-order chi connectivity index (χ1) is 8.81. The fourth-order valence-electron chi connectivity index (χ4n) is 2.07. The van der Waals surface area contributed by atoms with E-state index in [0.29, 0.717) is 0 Å². The Hall–Kier alpha value is -1.88. The predicted molar refractivity (Wildman–Crippen MR) is 70.6 cm³/mol. The summed E-state index contributed by atoms with van der Waals surface area (Å²) in [6.07, 6.45) is 3.42. The van der Waals surface area contributed by atoms with Crippen molar-refractivity contribution in [3.8, 4) is 0 Å². The Morgan fingerprint density at radius 1 is 1.39 bits per heavy atom. The highest BCUT2D eigenvalue weighted by Crippen LogP contribution is 2.12. The van der Waals surface area contributed by atoms with E-state index in [2.05, 4.69) is 27.6 Å². The van der Waals surface area contributed by atoms with Crippen LogP contribution < -0.4 is 11.0 Å². The Balaban J connectivity index is 2.04. The minimum atomic E-state index is -0.150. The quantitative estimate of drug-likeness (QED) is 0.798. The molecule has 5 heteroatoms. The second-order valence-electron chi connectivity index (χ2n) is 4.30. The molecular weight excluding hydrogens is 228 g/mol. The second-order valence-corrected chi connectivity index (χ2v) is 4.30. The number of hydrogen-bond acceptors (Lipinski definition) is 3. The Morgan fingerprint density at radius 3 is 2.78 bits per heavy atom. The molecule has 0 amide bonds. The average molecular weight is 246 g/mol. The molecule has 0 saturated carbocycles. The normalized spacial score (nSPS) is 12.5. The minimum Gasteiger partial charge on any atom is -0.318 e. The smallest absolute Gasteiger partial charge is 0.318 e. The fraction of sp³-hybridized carbons (Fsp3) is 0.385. The van der Waals surface area contributed by atoms with E-state index in [4.69, 9.17) is 0 Å². The van der Waals surface area contributed by atoms with E-state index < -0.39 is 0 Å². The van der Waals surface area contributed by atoms with Crippen LogP contribution in [0.5, 0.6) is 0 Å². The number of rotatable bonds is 6. The van der Waals surface area contributed by atoms with Gasteiger partial charge in [0.2, 0.25) is 0 Å². The number of benzene rings is 1. The molecule has 0 aliphatic rings. The standard InChI is InChI=1S/C13H18N4O/c1-14-9-12(17-10-15-16-13(17)18)8-7-11-5-3-2-4-6-11/h2-6,10,12,14H,7-9H2,1H3,(H,16,18). The van der Waals surface area contributed by atoms with Crippen LogP contribution in [0, 0.1) is 0 Å². The van der Waals surface area contributed by atoms with E-state index in [0.717, 1.165) is 19.4 Å². The van der Waals surface area contributed by atoms with Crippen LogP contribution in [0.25, 0.3) is 0 Å². The maximum atomic E-state index is 11.6. The molecule has 0 radical (unpaired) electrons. The molecule has 1 aromatic heterocycles. The number of nitrogens with zero attached hydrogens (tertiary/aromatic N) is 2. The van der Waals surface area contributed by atoms with Gasteiger partial charge >= 0.3 is 5.69 Å². The molecular formula is C13H18N4O. The van der Waals surface area contributed by atoms with Crippen molar-refractivity contribution in [2.24, 2.45) is 0 Å². The minimum absolute atomic E-state index is 0.126. The number of H-pyrrole nitrogens is 1. The van der Waals surface area contributed by atoms with E-state index >= 15 is 0 Å². The summed E-state index contributed by atoms with van der Waals surface area (Å²) in [6, 6.07) is 10.4. The number of likely N-dealkylation sites (N-methyl/N-ethyl adjacent to an activating group) is 1. The van der Waals surface area contributed by atoms with Crippen LogP contribution in [0.3, 0.4) is 0 Å². The number of aryl methyl sites for hydroxylation is 1. The van der Waals surface area contributed by atoms with Gasteiger partial charge in [-0.15, -0.1) is 0 Å². The van der Waals surface area contributed by atoms with Gasteiger partial charge in [-0.1, -0.05) is 30.3 Å². The summed E-state index contributed by atoms with van der Waals surface area (Å²) in [7, 11) is 1.89. The largest absolute Gasteiger partial charge is 0.343 e. The summed E-state index contributed by atoms with van der Waals surface area (Å²) >= 11 is 0. The summed E-state index contributed by atoms with van der Waals surface area (Å²) in [6.45, 7) is 0.756. The van der Waals surface area contributed by atoms with Crippen LogP contribution in [0.4, 0.5) is 0 Å². The molecule has 0 spiro atoms. The number of nitrogens with one attached hydrogen (secondary N) is 2. The monoisotopic (exact) mass is 246 g/mol. The first-order valence-electron chi connectivity index (χ1n) is 6.11. The van der Waals surface area contributed by atoms with E-state index in [9.17, 15) is 4.79 Å². The van der Waals surface area contributed by atoms with Crippen LogP contribution in [-0.2, 0) is 6.42 Å². The Labute approximate surface area is 106 Å². The Morgan fingerprint density at radius 2 is 2.17 bits per heavy atom. The molecule has 1 heterocycles. The van der Waals surface area contributed by atoms with E-state index in [1.54, 1.807) is 10.9 Å². The Kier molecular flexibility index (Phi) is 4.30. The van der Waals surface area contributed by atoms with Crippen molar-refractivity contribution in [1.82, 2.24) is 20.1 Å². The van der Waals surface area contributed by atoms with Gasteiger partial charge in [-0.2, -0.15) is 5.10 Å². The van der Waals surface area contributed by atoms with Crippen molar-refractivity contribution in [1.29, 1.82) is 0 Å². The van der Waals surface area contributed by atoms with E-state index in [1.807, 2.05) is 25.2 Å². The number of aromatic nitrogens is 3. The lowest BCUT2D eigenvalue weighted by atomic mass is 10.1. The van der Waals surface area contributed by atoms with Gasteiger partial charge < -0.3 is 5.32 Å². The Bertz CT molecular complexity index is 517. The van der Waals surface area contributed by atoms with Gasteiger partial charge in [0.15, 0.2) is 0 Å². The third-order valence-electron chi connectivity index (χ3n) is 3.02. The zero-order valence-corrected chi connectivity index (χ0v) is 10.5. The number of aromatic amines is 1. The first kappa shape index (κ1) is 12.6. The maximum absolute atomic E-state index is 11.6. The highest BCUT2D eigenvalue weighted by Gasteiger charge is 2.12.